The number of hydrogen-bond donors (Lipinski definition) is 1. The van der Waals surface area contributed by atoms with Gasteiger partial charge in [-0.25, -0.2) is 0 Å². The van der Waals surface area contributed by atoms with Crippen LogP contribution >= 0.6 is 0 Å². The van der Waals surface area contributed by atoms with Gasteiger partial charge in [-0.15, -0.1) is 0 Å². The van der Waals surface area contributed by atoms with Crippen molar-refractivity contribution in [1.82, 2.24) is 5.32 Å². The van der Waals surface area contributed by atoms with Crippen LogP contribution in [0.2, 0.25) is 0 Å². The highest BCUT2D eigenvalue weighted by molar-refractivity contribution is 5.79. The zero-order valence-corrected chi connectivity index (χ0v) is 12.4. The van der Waals surface area contributed by atoms with Crippen LogP contribution in [0.15, 0.2) is 18.2 Å². The zero-order chi connectivity index (χ0) is 17.2. The van der Waals surface area contributed by atoms with Crippen molar-refractivity contribution in [3.63, 3.8) is 0 Å². The van der Waals surface area contributed by atoms with Crippen LogP contribution in [0.4, 0.5) is 24.5 Å². The Bertz CT molecular complexity index is 619. The van der Waals surface area contributed by atoms with Gasteiger partial charge < -0.3 is 10.2 Å². The summed E-state index contributed by atoms with van der Waals surface area (Å²) in [7, 11) is 1.48. The van der Waals surface area contributed by atoms with Crippen LogP contribution in [-0.4, -0.2) is 31.0 Å². The van der Waals surface area contributed by atoms with E-state index in [1.807, 2.05) is 0 Å². The summed E-state index contributed by atoms with van der Waals surface area (Å²) < 4.78 is 39.7. The maximum Gasteiger partial charge on any atom is 0.418 e. The standard InChI is InChI=1S/C14H16F3N3O3/c1-18-13(21)9-3-2-6-19(8-9)12-5-4-10(20(22)23)7-11(12)14(15,16)17/h4-5,7,9H,2-3,6,8H2,1H3,(H,18,21). The van der Waals surface area contributed by atoms with Crippen molar-refractivity contribution in [3.05, 3.63) is 33.9 Å². The monoisotopic (exact) mass is 331 g/mol. The lowest BCUT2D eigenvalue weighted by atomic mass is 9.96. The van der Waals surface area contributed by atoms with E-state index >= 15 is 0 Å². The van der Waals surface area contributed by atoms with E-state index in [1.54, 1.807) is 0 Å². The molecule has 1 heterocycles. The molecule has 126 valence electrons. The lowest BCUT2D eigenvalue weighted by molar-refractivity contribution is -0.385. The molecule has 1 aromatic carbocycles. The van der Waals surface area contributed by atoms with Gasteiger partial charge in [-0.1, -0.05) is 0 Å². The number of anilines is 1. The number of benzene rings is 1. The number of nitro groups is 1. The van der Waals surface area contributed by atoms with E-state index in [4.69, 9.17) is 0 Å². The van der Waals surface area contributed by atoms with E-state index in [0.717, 1.165) is 12.1 Å². The average Bonchev–Trinajstić information content (AvgIpc) is 2.52. The first-order chi connectivity index (χ1) is 10.7. The molecule has 1 saturated heterocycles. The third kappa shape index (κ3) is 3.72. The molecule has 1 atom stereocenters. The highest BCUT2D eigenvalue weighted by atomic mass is 19.4. The molecule has 0 aromatic heterocycles. The van der Waals surface area contributed by atoms with Crippen LogP contribution in [0.5, 0.6) is 0 Å². The van der Waals surface area contributed by atoms with Gasteiger partial charge in [-0.3, -0.25) is 14.9 Å². The molecule has 0 spiro atoms. The predicted octanol–water partition coefficient (Wildman–Crippen LogP) is 2.58. The largest absolute Gasteiger partial charge is 0.418 e. The molecule has 23 heavy (non-hydrogen) atoms. The fourth-order valence-corrected chi connectivity index (χ4v) is 2.75. The molecular weight excluding hydrogens is 315 g/mol. The average molecular weight is 331 g/mol. The Morgan fingerprint density at radius 3 is 2.70 bits per heavy atom. The summed E-state index contributed by atoms with van der Waals surface area (Å²) in [5.41, 5.74) is -1.79. The summed E-state index contributed by atoms with van der Waals surface area (Å²) in [6.07, 6.45) is -3.53. The first-order valence-corrected chi connectivity index (χ1v) is 7.06. The quantitative estimate of drug-likeness (QED) is 0.682. The smallest absolute Gasteiger partial charge is 0.370 e. The fraction of sp³-hybridized carbons (Fsp3) is 0.500. The number of carbonyl (C=O) groups excluding carboxylic acids is 1. The van der Waals surface area contributed by atoms with E-state index in [1.165, 1.54) is 11.9 Å². The molecule has 1 aliphatic rings. The second-order valence-corrected chi connectivity index (χ2v) is 5.36. The summed E-state index contributed by atoms with van der Waals surface area (Å²) in [4.78, 5) is 23.0. The summed E-state index contributed by atoms with van der Waals surface area (Å²) in [5, 5.41) is 13.2. The molecule has 0 aliphatic carbocycles. The Labute approximate surface area is 130 Å². The molecule has 1 unspecified atom stereocenters. The van der Waals surface area contributed by atoms with Crippen LogP contribution in [0.25, 0.3) is 0 Å². The Morgan fingerprint density at radius 2 is 2.13 bits per heavy atom. The van der Waals surface area contributed by atoms with E-state index in [0.29, 0.717) is 25.5 Å². The van der Waals surface area contributed by atoms with Crippen LogP contribution in [0.1, 0.15) is 18.4 Å². The summed E-state index contributed by atoms with van der Waals surface area (Å²) in [5.74, 6) is -0.616. The van der Waals surface area contributed by atoms with Crippen molar-refractivity contribution in [1.29, 1.82) is 0 Å². The van der Waals surface area contributed by atoms with Crippen molar-refractivity contribution >= 4 is 17.3 Å². The van der Waals surface area contributed by atoms with Gasteiger partial charge in [-0.2, -0.15) is 13.2 Å². The number of piperidine rings is 1. The first-order valence-electron chi connectivity index (χ1n) is 7.06. The number of nitrogens with zero attached hydrogens (tertiary/aromatic N) is 2. The van der Waals surface area contributed by atoms with Crippen molar-refractivity contribution < 1.29 is 22.9 Å². The topological polar surface area (TPSA) is 75.5 Å². The minimum Gasteiger partial charge on any atom is -0.370 e. The second-order valence-electron chi connectivity index (χ2n) is 5.36. The number of alkyl halides is 3. The Morgan fingerprint density at radius 1 is 1.43 bits per heavy atom. The predicted molar refractivity (Wildman–Crippen MR) is 77.1 cm³/mol. The molecule has 0 saturated carbocycles. The van der Waals surface area contributed by atoms with Gasteiger partial charge >= 0.3 is 6.18 Å². The molecule has 1 fully saturated rings. The number of nitrogens with one attached hydrogen (secondary N) is 1. The van der Waals surface area contributed by atoms with Crippen LogP contribution < -0.4 is 10.2 Å². The van der Waals surface area contributed by atoms with Gasteiger partial charge in [0, 0.05) is 38.0 Å². The summed E-state index contributed by atoms with van der Waals surface area (Å²) in [6, 6.07) is 2.69. The Hall–Kier alpha value is -2.32. The number of carbonyl (C=O) groups is 1. The van der Waals surface area contributed by atoms with Crippen molar-refractivity contribution in [2.45, 2.75) is 19.0 Å². The SMILES string of the molecule is CNC(=O)C1CCCN(c2ccc([N+](=O)[O-])cc2C(F)(F)F)C1. The number of rotatable bonds is 3. The molecule has 6 nitrogen and oxygen atoms in total. The fourth-order valence-electron chi connectivity index (χ4n) is 2.75. The van der Waals surface area contributed by atoms with Gasteiger partial charge in [0.15, 0.2) is 0 Å². The molecule has 1 N–H and O–H groups in total. The van der Waals surface area contributed by atoms with Gasteiger partial charge in [-0.05, 0) is 18.9 Å². The van der Waals surface area contributed by atoms with Gasteiger partial charge in [0.25, 0.3) is 5.69 Å². The lowest BCUT2D eigenvalue weighted by Crippen LogP contribution is -2.42. The molecular formula is C14H16F3N3O3. The van der Waals surface area contributed by atoms with Crippen LogP contribution in [0, 0.1) is 16.0 Å². The second kappa shape index (κ2) is 6.43. The van der Waals surface area contributed by atoms with Gasteiger partial charge in [0.2, 0.25) is 5.91 Å². The first kappa shape index (κ1) is 17.0. The van der Waals surface area contributed by atoms with Crippen LogP contribution in [0.3, 0.4) is 0 Å². The highest BCUT2D eigenvalue weighted by Crippen LogP contribution is 2.39. The number of hydrogen-bond acceptors (Lipinski definition) is 4. The normalized spacial score (nSPS) is 18.6. The summed E-state index contributed by atoms with van der Waals surface area (Å²) >= 11 is 0. The number of halogens is 3. The number of non-ortho nitro benzene ring substituents is 1. The maximum absolute atomic E-state index is 13.2. The Balaban J connectivity index is 2.38. The lowest BCUT2D eigenvalue weighted by Gasteiger charge is -2.34. The van der Waals surface area contributed by atoms with Crippen molar-refractivity contribution in [2.75, 3.05) is 25.0 Å². The molecule has 2 rings (SSSR count). The number of nitro benzene ring substituents is 1. The molecule has 0 bridgehead atoms. The zero-order valence-electron chi connectivity index (χ0n) is 12.4. The third-order valence-electron chi connectivity index (χ3n) is 3.88. The third-order valence-corrected chi connectivity index (χ3v) is 3.88. The van der Waals surface area contributed by atoms with Crippen molar-refractivity contribution in [3.8, 4) is 0 Å². The van der Waals surface area contributed by atoms with Crippen molar-refractivity contribution in [2.24, 2.45) is 5.92 Å². The molecule has 1 aliphatic heterocycles. The van der Waals surface area contributed by atoms with Crippen LogP contribution in [-0.2, 0) is 11.0 Å². The van der Waals surface area contributed by atoms with E-state index in [-0.39, 0.29) is 18.1 Å². The van der Waals surface area contributed by atoms with Gasteiger partial charge in [0.05, 0.1) is 16.4 Å². The summed E-state index contributed by atoms with van der Waals surface area (Å²) in [6.45, 7) is 0.523. The molecule has 1 aromatic rings. The molecule has 1 amide bonds. The van der Waals surface area contributed by atoms with Gasteiger partial charge in [0.1, 0.15) is 0 Å². The van der Waals surface area contributed by atoms with E-state index in [9.17, 15) is 28.1 Å². The maximum atomic E-state index is 13.2. The molecule has 9 heteroatoms. The highest BCUT2D eigenvalue weighted by Gasteiger charge is 2.38. The number of amides is 1. The Kier molecular flexibility index (Phi) is 4.76. The van der Waals surface area contributed by atoms with E-state index < -0.39 is 28.3 Å². The molecule has 0 radical (unpaired) electrons. The minimum absolute atomic E-state index is 0.128. The van der Waals surface area contributed by atoms with E-state index in [2.05, 4.69) is 5.32 Å². The minimum atomic E-state index is -4.71.